The number of carbonyl (C=O) groups excluding carboxylic acids is 1. The molecule has 2 aromatic rings. The molecule has 0 saturated carbocycles. The van der Waals surface area contributed by atoms with Crippen molar-refractivity contribution >= 4 is 16.3 Å². The lowest BCUT2D eigenvalue weighted by atomic mass is 9.97. The molecule has 0 bridgehead atoms. The summed E-state index contributed by atoms with van der Waals surface area (Å²) in [6, 6.07) is 18.3. The van der Waals surface area contributed by atoms with Crippen molar-refractivity contribution in [2.75, 3.05) is 13.2 Å². The predicted octanol–water partition coefficient (Wildman–Crippen LogP) is 1.54. The minimum Gasteiger partial charge on any atom is -0.726 e. The molecule has 1 heterocycles. The van der Waals surface area contributed by atoms with Crippen molar-refractivity contribution in [3.8, 4) is 0 Å². The van der Waals surface area contributed by atoms with Gasteiger partial charge < -0.3 is 24.1 Å². The van der Waals surface area contributed by atoms with Crippen LogP contribution in [-0.2, 0) is 46.8 Å². The maximum Gasteiger partial charge on any atom is 0.217 e. The summed E-state index contributed by atoms with van der Waals surface area (Å²) < 4.78 is 55.4. The van der Waals surface area contributed by atoms with Crippen molar-refractivity contribution in [2.24, 2.45) is 0 Å². The van der Waals surface area contributed by atoms with E-state index in [4.69, 9.17) is 14.2 Å². The number of amides is 1. The van der Waals surface area contributed by atoms with Gasteiger partial charge in [0, 0.05) is 6.92 Å². The van der Waals surface area contributed by atoms with Gasteiger partial charge in [-0.05, 0) is 11.1 Å². The highest BCUT2D eigenvalue weighted by atomic mass is 32.3. The molecule has 174 valence electrons. The van der Waals surface area contributed by atoms with Crippen molar-refractivity contribution in [3.63, 3.8) is 0 Å². The SMILES string of the molecule is CC(=O)NC1COC(COS(=O)(=O)[O-])[C@H](OCc2ccccc2)[C@H]1OCc1ccccc1. The van der Waals surface area contributed by atoms with Gasteiger partial charge in [-0.2, -0.15) is 0 Å². The largest absolute Gasteiger partial charge is 0.726 e. The van der Waals surface area contributed by atoms with Crippen LogP contribution in [0.4, 0.5) is 0 Å². The van der Waals surface area contributed by atoms with Gasteiger partial charge in [0.05, 0.1) is 32.5 Å². The van der Waals surface area contributed by atoms with Crippen LogP contribution in [0, 0.1) is 0 Å². The molecule has 2 unspecified atom stereocenters. The number of rotatable bonds is 10. The summed E-state index contributed by atoms with van der Waals surface area (Å²) in [5, 5.41) is 2.80. The maximum atomic E-state index is 11.7. The lowest BCUT2D eigenvalue weighted by Crippen LogP contribution is -2.61. The Morgan fingerprint density at radius 2 is 1.53 bits per heavy atom. The first-order valence-corrected chi connectivity index (χ1v) is 11.4. The molecule has 1 saturated heterocycles. The fraction of sp³-hybridized carbons (Fsp3) is 0.409. The van der Waals surface area contributed by atoms with Gasteiger partial charge in [-0.15, -0.1) is 0 Å². The normalized spacial score (nSPS) is 23.6. The third-order valence-corrected chi connectivity index (χ3v) is 5.34. The monoisotopic (exact) mass is 464 g/mol. The van der Waals surface area contributed by atoms with Crippen molar-refractivity contribution in [1.29, 1.82) is 0 Å². The molecule has 2 aromatic carbocycles. The summed E-state index contributed by atoms with van der Waals surface area (Å²) in [5.74, 6) is -0.273. The number of hydrogen-bond acceptors (Lipinski definition) is 8. The van der Waals surface area contributed by atoms with Crippen molar-refractivity contribution in [2.45, 2.75) is 44.5 Å². The average Bonchev–Trinajstić information content (AvgIpc) is 2.76. The smallest absolute Gasteiger partial charge is 0.217 e. The molecular weight excluding hydrogens is 438 g/mol. The van der Waals surface area contributed by atoms with E-state index in [0.29, 0.717) is 0 Å². The Labute approximate surface area is 187 Å². The Balaban J connectivity index is 1.81. The zero-order valence-corrected chi connectivity index (χ0v) is 18.4. The van der Waals surface area contributed by atoms with E-state index in [1.807, 2.05) is 60.7 Å². The molecule has 1 N–H and O–H groups in total. The van der Waals surface area contributed by atoms with E-state index < -0.39 is 41.4 Å². The molecule has 3 rings (SSSR count). The summed E-state index contributed by atoms with van der Waals surface area (Å²) in [7, 11) is -4.92. The molecule has 1 aliphatic rings. The van der Waals surface area contributed by atoms with Crippen LogP contribution in [0.2, 0.25) is 0 Å². The maximum absolute atomic E-state index is 11.7. The summed E-state index contributed by atoms with van der Waals surface area (Å²) in [5.41, 5.74) is 1.80. The van der Waals surface area contributed by atoms with Crippen LogP contribution in [0.3, 0.4) is 0 Å². The van der Waals surface area contributed by atoms with Gasteiger partial charge in [0.25, 0.3) is 0 Å². The fourth-order valence-electron chi connectivity index (χ4n) is 3.48. The van der Waals surface area contributed by atoms with E-state index in [1.165, 1.54) is 6.92 Å². The lowest BCUT2D eigenvalue weighted by molar-refractivity contribution is -0.202. The molecule has 9 nitrogen and oxygen atoms in total. The summed E-state index contributed by atoms with van der Waals surface area (Å²) in [4.78, 5) is 11.7. The second kappa shape index (κ2) is 11.5. The average molecular weight is 465 g/mol. The fourth-order valence-corrected chi connectivity index (χ4v) is 3.78. The first-order chi connectivity index (χ1) is 15.3. The third kappa shape index (κ3) is 7.66. The van der Waals surface area contributed by atoms with Crippen molar-refractivity contribution in [3.05, 3.63) is 71.8 Å². The van der Waals surface area contributed by atoms with E-state index in [2.05, 4.69) is 9.50 Å². The quantitative estimate of drug-likeness (QED) is 0.415. The Bertz CT molecular complexity index is 954. The van der Waals surface area contributed by atoms with Crippen LogP contribution in [0.15, 0.2) is 60.7 Å². The highest BCUT2D eigenvalue weighted by Crippen LogP contribution is 2.25. The summed E-state index contributed by atoms with van der Waals surface area (Å²) in [6.45, 7) is 1.32. The number of benzene rings is 2. The van der Waals surface area contributed by atoms with E-state index in [-0.39, 0.29) is 25.7 Å². The molecular formula is C22H26NO8S-. The van der Waals surface area contributed by atoms with Crippen LogP contribution in [0.1, 0.15) is 18.1 Å². The van der Waals surface area contributed by atoms with Crippen LogP contribution >= 0.6 is 0 Å². The topological polar surface area (TPSA) is 123 Å². The van der Waals surface area contributed by atoms with Gasteiger partial charge in [-0.25, -0.2) is 8.42 Å². The molecule has 10 heteroatoms. The van der Waals surface area contributed by atoms with E-state index in [9.17, 15) is 17.8 Å². The van der Waals surface area contributed by atoms with Crippen LogP contribution in [0.5, 0.6) is 0 Å². The minimum absolute atomic E-state index is 0.0389. The summed E-state index contributed by atoms with van der Waals surface area (Å²) in [6.07, 6.45) is -2.39. The molecule has 0 aromatic heterocycles. The Morgan fingerprint density at radius 3 is 2.03 bits per heavy atom. The Kier molecular flexibility index (Phi) is 8.74. The molecule has 1 amide bonds. The standard InChI is InChI=1S/C22H27NO8S/c1-16(24)23-19-14-28-20(15-31-32(25,26)27)22(30-13-18-10-6-3-7-11-18)21(19)29-12-17-8-4-2-5-9-17/h2-11,19-22H,12-15H2,1H3,(H,23,24)(H,25,26,27)/p-1/t19?,20?,21-,22-/m0/s1. The third-order valence-electron chi connectivity index (χ3n) is 4.91. The van der Waals surface area contributed by atoms with Crippen LogP contribution in [-0.4, -0.2) is 56.4 Å². The van der Waals surface area contributed by atoms with Gasteiger partial charge in [0.15, 0.2) is 0 Å². The highest BCUT2D eigenvalue weighted by Gasteiger charge is 2.43. The second-order valence-electron chi connectivity index (χ2n) is 7.39. The molecule has 4 atom stereocenters. The van der Waals surface area contributed by atoms with Crippen LogP contribution in [0.25, 0.3) is 0 Å². The number of hydrogen-bond donors (Lipinski definition) is 1. The lowest BCUT2D eigenvalue weighted by Gasteiger charge is -2.42. The minimum atomic E-state index is -4.92. The molecule has 0 aliphatic carbocycles. The molecule has 32 heavy (non-hydrogen) atoms. The van der Waals surface area contributed by atoms with E-state index >= 15 is 0 Å². The van der Waals surface area contributed by atoms with Gasteiger partial charge in [0.1, 0.15) is 18.3 Å². The van der Waals surface area contributed by atoms with Crippen molar-refractivity contribution in [1.82, 2.24) is 5.32 Å². The first-order valence-electron chi connectivity index (χ1n) is 10.1. The zero-order chi connectivity index (χ0) is 23.0. The molecule has 0 spiro atoms. The van der Waals surface area contributed by atoms with Gasteiger partial charge in [0.2, 0.25) is 16.3 Å². The van der Waals surface area contributed by atoms with Crippen LogP contribution < -0.4 is 5.32 Å². The summed E-state index contributed by atoms with van der Waals surface area (Å²) >= 11 is 0. The zero-order valence-electron chi connectivity index (χ0n) is 17.6. The van der Waals surface area contributed by atoms with E-state index in [1.54, 1.807) is 0 Å². The van der Waals surface area contributed by atoms with E-state index in [0.717, 1.165) is 11.1 Å². The second-order valence-corrected chi connectivity index (χ2v) is 8.45. The molecule has 1 fully saturated rings. The number of carbonyl (C=O) groups is 1. The van der Waals surface area contributed by atoms with Gasteiger partial charge in [-0.1, -0.05) is 60.7 Å². The predicted molar refractivity (Wildman–Crippen MR) is 113 cm³/mol. The molecule has 0 radical (unpaired) electrons. The highest BCUT2D eigenvalue weighted by molar-refractivity contribution is 7.80. The first kappa shape index (κ1) is 24.3. The van der Waals surface area contributed by atoms with Gasteiger partial charge in [-0.3, -0.25) is 8.98 Å². The Hall–Kier alpha value is -2.34. The number of ether oxygens (including phenoxy) is 3. The number of nitrogens with one attached hydrogen (secondary N) is 1. The Morgan fingerprint density at radius 1 is 1.00 bits per heavy atom. The van der Waals surface area contributed by atoms with Gasteiger partial charge >= 0.3 is 0 Å². The molecule has 1 aliphatic heterocycles. The van der Waals surface area contributed by atoms with Crippen molar-refractivity contribution < 1.29 is 36.2 Å².